The van der Waals surface area contributed by atoms with Crippen LogP contribution in [-0.2, 0) is 17.9 Å². The maximum absolute atomic E-state index is 6.46. The molecule has 0 unspecified atom stereocenters. The first kappa shape index (κ1) is 21.2. The molecule has 0 atom stereocenters. The molecule has 0 saturated carbocycles. The van der Waals surface area contributed by atoms with Crippen molar-refractivity contribution in [1.82, 2.24) is 20.6 Å². The summed E-state index contributed by atoms with van der Waals surface area (Å²) in [5.41, 5.74) is 1.90. The van der Waals surface area contributed by atoms with Gasteiger partial charge in [0.25, 0.3) is 5.95 Å². The third kappa shape index (κ3) is 5.77. The number of ether oxygens (including phenoxy) is 4. The van der Waals surface area contributed by atoms with Gasteiger partial charge in [-0.25, -0.2) is 0 Å². The second kappa shape index (κ2) is 10.3. The Morgan fingerprint density at radius 1 is 1.16 bits per heavy atom. The quantitative estimate of drug-likeness (QED) is 0.514. The SMILES string of the molecule is COc1cc(CNc2nn[nH]n2)cc(Cl)c1OCc1ccc(OC2CCOCC2)cc1. The highest BCUT2D eigenvalue weighted by Gasteiger charge is 2.16. The van der Waals surface area contributed by atoms with Crippen molar-refractivity contribution in [3.63, 3.8) is 0 Å². The highest BCUT2D eigenvalue weighted by atomic mass is 35.5. The maximum Gasteiger partial charge on any atom is 0.263 e. The third-order valence-electron chi connectivity index (χ3n) is 4.86. The van der Waals surface area contributed by atoms with Gasteiger partial charge in [-0.15, -0.1) is 5.10 Å². The van der Waals surface area contributed by atoms with Crippen molar-refractivity contribution in [2.24, 2.45) is 0 Å². The smallest absolute Gasteiger partial charge is 0.263 e. The molecule has 9 nitrogen and oxygen atoms in total. The van der Waals surface area contributed by atoms with E-state index in [0.29, 0.717) is 35.6 Å². The number of hydrogen-bond donors (Lipinski definition) is 2. The van der Waals surface area contributed by atoms with E-state index in [1.807, 2.05) is 36.4 Å². The van der Waals surface area contributed by atoms with E-state index in [9.17, 15) is 0 Å². The zero-order chi connectivity index (χ0) is 21.5. The van der Waals surface area contributed by atoms with Gasteiger partial charge in [-0.1, -0.05) is 28.8 Å². The molecule has 2 aromatic carbocycles. The molecule has 1 fully saturated rings. The number of anilines is 1. The van der Waals surface area contributed by atoms with E-state index < -0.39 is 0 Å². The normalized spacial score (nSPS) is 14.3. The van der Waals surface area contributed by atoms with Crippen molar-refractivity contribution in [1.29, 1.82) is 0 Å². The Morgan fingerprint density at radius 3 is 2.68 bits per heavy atom. The lowest BCUT2D eigenvalue weighted by Gasteiger charge is -2.23. The number of aromatic nitrogens is 4. The average Bonchev–Trinajstić information content (AvgIpc) is 3.32. The zero-order valence-electron chi connectivity index (χ0n) is 17.1. The van der Waals surface area contributed by atoms with Crippen LogP contribution in [0.25, 0.3) is 0 Å². The van der Waals surface area contributed by atoms with Gasteiger partial charge in [0.2, 0.25) is 0 Å². The minimum Gasteiger partial charge on any atom is -0.493 e. The fourth-order valence-corrected chi connectivity index (χ4v) is 3.53. The standard InChI is InChI=1S/C21H24ClN5O4/c1-28-19-11-15(12-23-21-24-26-27-25-21)10-18(22)20(19)30-13-14-2-4-16(5-3-14)31-17-6-8-29-9-7-17/h2-5,10-11,17H,6-9,12-13H2,1H3,(H2,23,24,25,26,27). The molecular formula is C21H24ClN5O4. The van der Waals surface area contributed by atoms with E-state index >= 15 is 0 Å². The van der Waals surface area contributed by atoms with Crippen LogP contribution in [0.3, 0.4) is 0 Å². The summed E-state index contributed by atoms with van der Waals surface area (Å²) in [6.07, 6.45) is 2.06. The molecule has 164 valence electrons. The predicted octanol–water partition coefficient (Wildman–Crippen LogP) is 3.61. The molecule has 0 spiro atoms. The van der Waals surface area contributed by atoms with Crippen molar-refractivity contribution in [3.8, 4) is 17.2 Å². The van der Waals surface area contributed by atoms with Gasteiger partial charge in [0.05, 0.1) is 25.3 Å². The highest BCUT2D eigenvalue weighted by Crippen LogP contribution is 2.37. The minimum absolute atomic E-state index is 0.215. The Hall–Kier alpha value is -3.04. The molecule has 1 aliphatic rings. The second-order valence-electron chi connectivity index (χ2n) is 7.06. The Labute approximate surface area is 185 Å². The van der Waals surface area contributed by atoms with Crippen LogP contribution < -0.4 is 19.5 Å². The number of tetrazole rings is 1. The number of benzene rings is 2. The summed E-state index contributed by atoms with van der Waals surface area (Å²) >= 11 is 6.46. The molecule has 10 heteroatoms. The summed E-state index contributed by atoms with van der Waals surface area (Å²) in [6.45, 7) is 2.33. The van der Waals surface area contributed by atoms with Crippen molar-refractivity contribution < 1.29 is 18.9 Å². The lowest BCUT2D eigenvalue weighted by molar-refractivity contribution is 0.0255. The Kier molecular flexibility index (Phi) is 7.06. The highest BCUT2D eigenvalue weighted by molar-refractivity contribution is 6.32. The first-order chi connectivity index (χ1) is 15.2. The van der Waals surface area contributed by atoms with Gasteiger partial charge in [0.1, 0.15) is 18.5 Å². The first-order valence-electron chi connectivity index (χ1n) is 10.0. The van der Waals surface area contributed by atoms with E-state index in [1.165, 1.54) is 0 Å². The van der Waals surface area contributed by atoms with Gasteiger partial charge in [-0.2, -0.15) is 5.21 Å². The topological polar surface area (TPSA) is 103 Å². The maximum atomic E-state index is 6.46. The van der Waals surface area contributed by atoms with E-state index in [1.54, 1.807) is 7.11 Å². The number of rotatable bonds is 9. The molecule has 2 heterocycles. The van der Waals surface area contributed by atoms with Crippen LogP contribution in [0.1, 0.15) is 24.0 Å². The fraction of sp³-hybridized carbons (Fsp3) is 0.381. The molecule has 1 aliphatic heterocycles. The fourth-order valence-electron chi connectivity index (χ4n) is 3.24. The van der Waals surface area contributed by atoms with Crippen LogP contribution >= 0.6 is 11.6 Å². The van der Waals surface area contributed by atoms with Crippen LogP contribution in [0.4, 0.5) is 5.95 Å². The van der Waals surface area contributed by atoms with E-state index in [-0.39, 0.29) is 6.10 Å². The summed E-state index contributed by atoms with van der Waals surface area (Å²) in [4.78, 5) is 0. The predicted molar refractivity (Wildman–Crippen MR) is 115 cm³/mol. The van der Waals surface area contributed by atoms with Crippen LogP contribution in [-0.4, -0.2) is 47.1 Å². The molecule has 3 aromatic rings. The van der Waals surface area contributed by atoms with E-state index in [0.717, 1.165) is 42.9 Å². The molecule has 0 aliphatic carbocycles. The number of nitrogens with one attached hydrogen (secondary N) is 2. The summed E-state index contributed by atoms with van der Waals surface area (Å²) < 4.78 is 22.8. The number of hydrogen-bond acceptors (Lipinski definition) is 8. The van der Waals surface area contributed by atoms with Crippen LogP contribution in [0.2, 0.25) is 5.02 Å². The second-order valence-corrected chi connectivity index (χ2v) is 7.47. The molecular weight excluding hydrogens is 422 g/mol. The zero-order valence-corrected chi connectivity index (χ0v) is 17.9. The largest absolute Gasteiger partial charge is 0.493 e. The Bertz CT molecular complexity index is 963. The summed E-state index contributed by atoms with van der Waals surface area (Å²) in [7, 11) is 1.58. The number of halogens is 1. The van der Waals surface area contributed by atoms with Gasteiger partial charge >= 0.3 is 0 Å². The molecule has 0 radical (unpaired) electrons. The monoisotopic (exact) mass is 445 g/mol. The van der Waals surface area contributed by atoms with Crippen molar-refractivity contribution in [2.45, 2.75) is 32.1 Å². The van der Waals surface area contributed by atoms with Crippen molar-refractivity contribution in [2.75, 3.05) is 25.6 Å². The molecule has 31 heavy (non-hydrogen) atoms. The Balaban J connectivity index is 1.35. The number of H-pyrrole nitrogens is 1. The van der Waals surface area contributed by atoms with Gasteiger partial charge in [-0.05, 0) is 40.6 Å². The van der Waals surface area contributed by atoms with E-state index in [2.05, 4.69) is 25.9 Å². The molecule has 0 amide bonds. The third-order valence-corrected chi connectivity index (χ3v) is 5.14. The first-order valence-corrected chi connectivity index (χ1v) is 10.4. The number of aromatic amines is 1. The van der Waals surface area contributed by atoms with Crippen LogP contribution in [0.5, 0.6) is 17.2 Å². The van der Waals surface area contributed by atoms with Crippen LogP contribution in [0.15, 0.2) is 36.4 Å². The summed E-state index contributed by atoms with van der Waals surface area (Å²) in [5.74, 6) is 2.30. The number of methoxy groups -OCH3 is 1. The molecule has 1 aromatic heterocycles. The summed E-state index contributed by atoms with van der Waals surface area (Å²) in [5, 5.41) is 17.1. The summed E-state index contributed by atoms with van der Waals surface area (Å²) in [6, 6.07) is 11.6. The van der Waals surface area contributed by atoms with Crippen molar-refractivity contribution in [3.05, 3.63) is 52.5 Å². The van der Waals surface area contributed by atoms with Crippen LogP contribution in [0, 0.1) is 0 Å². The molecule has 2 N–H and O–H groups in total. The van der Waals surface area contributed by atoms with E-state index in [4.69, 9.17) is 30.5 Å². The van der Waals surface area contributed by atoms with Gasteiger partial charge in [-0.3, -0.25) is 0 Å². The number of nitrogens with zero attached hydrogens (tertiary/aromatic N) is 3. The molecule has 4 rings (SSSR count). The van der Waals surface area contributed by atoms with Gasteiger partial charge < -0.3 is 24.3 Å². The van der Waals surface area contributed by atoms with Gasteiger partial charge in [0.15, 0.2) is 11.5 Å². The lowest BCUT2D eigenvalue weighted by atomic mass is 10.1. The molecule has 0 bridgehead atoms. The Morgan fingerprint density at radius 2 is 1.97 bits per heavy atom. The molecule has 1 saturated heterocycles. The van der Waals surface area contributed by atoms with Crippen molar-refractivity contribution >= 4 is 17.5 Å². The average molecular weight is 446 g/mol. The minimum atomic E-state index is 0.215. The lowest BCUT2D eigenvalue weighted by Crippen LogP contribution is -2.25. The van der Waals surface area contributed by atoms with Gasteiger partial charge in [0, 0.05) is 19.4 Å².